The number of carbonyl (C=O) groups is 1. The van der Waals surface area contributed by atoms with Crippen molar-refractivity contribution in [3.63, 3.8) is 0 Å². The van der Waals surface area contributed by atoms with E-state index >= 15 is 0 Å². The first-order chi connectivity index (χ1) is 13.9. The lowest BCUT2D eigenvalue weighted by molar-refractivity contribution is 0.00578. The van der Waals surface area contributed by atoms with Crippen LogP contribution < -0.4 is 5.46 Å². The van der Waals surface area contributed by atoms with Crippen LogP contribution in [0.2, 0.25) is 0 Å². The van der Waals surface area contributed by atoms with E-state index in [0.29, 0.717) is 22.5 Å². The molecular formula is C23H30BFO5S. The SMILES string of the molecule is CCS(=O)Cc1ccc(C(=O)c2ccc(C)cc2F)c(B2OC(C)(C)C(C)(C)O2)c1.O. The van der Waals surface area contributed by atoms with Crippen molar-refractivity contribution >= 4 is 29.2 Å². The van der Waals surface area contributed by atoms with E-state index in [1.165, 1.54) is 12.1 Å². The zero-order valence-corrected chi connectivity index (χ0v) is 19.7. The Hall–Kier alpha value is -1.87. The predicted octanol–water partition coefficient (Wildman–Crippen LogP) is 3.11. The van der Waals surface area contributed by atoms with E-state index in [9.17, 15) is 13.4 Å². The largest absolute Gasteiger partial charge is 0.495 e. The lowest BCUT2D eigenvalue weighted by Crippen LogP contribution is -2.41. The maximum atomic E-state index is 14.5. The van der Waals surface area contributed by atoms with E-state index in [4.69, 9.17) is 9.31 Å². The summed E-state index contributed by atoms with van der Waals surface area (Å²) in [6.45, 7) is 11.4. The van der Waals surface area contributed by atoms with Gasteiger partial charge in [0.2, 0.25) is 0 Å². The number of rotatable bonds is 6. The van der Waals surface area contributed by atoms with Gasteiger partial charge in [-0.05, 0) is 63.3 Å². The Morgan fingerprint density at radius 2 is 1.61 bits per heavy atom. The van der Waals surface area contributed by atoms with Gasteiger partial charge in [0.15, 0.2) is 5.78 Å². The van der Waals surface area contributed by atoms with Gasteiger partial charge in [0.05, 0.1) is 16.8 Å². The number of ketones is 1. The second kappa shape index (κ2) is 9.32. The Labute approximate surface area is 186 Å². The fourth-order valence-electron chi connectivity index (χ4n) is 3.31. The van der Waals surface area contributed by atoms with Crippen LogP contribution in [0.1, 0.15) is 61.7 Å². The molecule has 0 aliphatic carbocycles. The quantitative estimate of drug-likeness (QED) is 0.502. The summed E-state index contributed by atoms with van der Waals surface area (Å²) >= 11 is 0. The summed E-state index contributed by atoms with van der Waals surface area (Å²) in [5.74, 6) is -0.0753. The summed E-state index contributed by atoms with van der Waals surface area (Å²) in [5.41, 5.74) is 1.24. The molecule has 0 amide bonds. The third-order valence-electron chi connectivity index (χ3n) is 5.89. The monoisotopic (exact) mass is 448 g/mol. The van der Waals surface area contributed by atoms with Crippen LogP contribution in [0, 0.1) is 12.7 Å². The summed E-state index contributed by atoms with van der Waals surface area (Å²) < 4.78 is 38.9. The van der Waals surface area contributed by atoms with Crippen molar-refractivity contribution in [1.82, 2.24) is 0 Å². The van der Waals surface area contributed by atoms with E-state index in [1.54, 1.807) is 31.2 Å². The van der Waals surface area contributed by atoms with Gasteiger partial charge >= 0.3 is 7.12 Å². The van der Waals surface area contributed by atoms with Gasteiger partial charge < -0.3 is 14.8 Å². The molecule has 168 valence electrons. The van der Waals surface area contributed by atoms with Gasteiger partial charge in [-0.15, -0.1) is 0 Å². The van der Waals surface area contributed by atoms with Gasteiger partial charge in [0.1, 0.15) is 5.82 Å². The molecule has 0 spiro atoms. The molecule has 1 saturated heterocycles. The van der Waals surface area contributed by atoms with Gasteiger partial charge in [-0.1, -0.05) is 31.2 Å². The van der Waals surface area contributed by atoms with Crippen LogP contribution >= 0.6 is 0 Å². The van der Waals surface area contributed by atoms with E-state index in [-0.39, 0.29) is 11.0 Å². The van der Waals surface area contributed by atoms with Crippen molar-refractivity contribution in [3.8, 4) is 0 Å². The minimum atomic E-state index is -1.00. The van der Waals surface area contributed by atoms with E-state index in [1.807, 2.05) is 34.6 Å². The van der Waals surface area contributed by atoms with Crippen molar-refractivity contribution in [2.45, 2.75) is 58.5 Å². The van der Waals surface area contributed by atoms with Crippen LogP contribution in [-0.4, -0.2) is 39.5 Å². The third kappa shape index (κ3) is 5.14. The second-order valence-electron chi connectivity index (χ2n) is 8.70. The highest BCUT2D eigenvalue weighted by Crippen LogP contribution is 2.37. The molecule has 0 radical (unpaired) electrons. The molecule has 1 atom stereocenters. The van der Waals surface area contributed by atoms with Gasteiger partial charge in [-0.2, -0.15) is 0 Å². The molecule has 2 aromatic rings. The molecule has 1 aliphatic heterocycles. The number of hydrogen-bond donors (Lipinski definition) is 0. The van der Waals surface area contributed by atoms with Crippen LogP contribution in [0.15, 0.2) is 36.4 Å². The number of halogens is 1. The number of hydrogen-bond acceptors (Lipinski definition) is 4. The molecular weight excluding hydrogens is 418 g/mol. The first-order valence-corrected chi connectivity index (χ1v) is 11.6. The highest BCUT2D eigenvalue weighted by atomic mass is 32.2. The van der Waals surface area contributed by atoms with Gasteiger partial charge in [0, 0.05) is 27.9 Å². The van der Waals surface area contributed by atoms with Crippen molar-refractivity contribution in [2.24, 2.45) is 0 Å². The second-order valence-corrected chi connectivity index (χ2v) is 10.4. The minimum absolute atomic E-state index is 0. The molecule has 2 aromatic carbocycles. The molecule has 1 fully saturated rings. The minimum Gasteiger partial charge on any atom is -0.412 e. The van der Waals surface area contributed by atoms with Crippen molar-refractivity contribution in [2.75, 3.05) is 5.75 Å². The summed E-state index contributed by atoms with van der Waals surface area (Å²) in [4.78, 5) is 13.3. The van der Waals surface area contributed by atoms with Crippen LogP contribution in [0.3, 0.4) is 0 Å². The van der Waals surface area contributed by atoms with Crippen LogP contribution in [0.25, 0.3) is 0 Å². The number of benzene rings is 2. The fraction of sp³-hybridized carbons (Fsp3) is 0.435. The summed E-state index contributed by atoms with van der Waals surface area (Å²) in [5, 5.41) is 0. The topological polar surface area (TPSA) is 84.1 Å². The average molecular weight is 448 g/mol. The van der Waals surface area contributed by atoms with Crippen LogP contribution in [0.5, 0.6) is 0 Å². The highest BCUT2D eigenvalue weighted by molar-refractivity contribution is 7.84. The fourth-order valence-corrected chi connectivity index (χ4v) is 4.07. The molecule has 5 nitrogen and oxygen atoms in total. The zero-order valence-electron chi connectivity index (χ0n) is 18.9. The molecule has 0 aromatic heterocycles. The number of carbonyl (C=O) groups excluding carboxylic acids is 1. The predicted molar refractivity (Wildman–Crippen MR) is 123 cm³/mol. The third-order valence-corrected chi connectivity index (χ3v) is 7.19. The molecule has 2 N–H and O–H groups in total. The molecule has 31 heavy (non-hydrogen) atoms. The first kappa shape index (κ1) is 25.4. The Morgan fingerprint density at radius 3 is 2.16 bits per heavy atom. The summed E-state index contributed by atoms with van der Waals surface area (Å²) in [6, 6.07) is 9.78. The maximum absolute atomic E-state index is 14.5. The first-order valence-electron chi connectivity index (χ1n) is 10.1. The van der Waals surface area contributed by atoms with Crippen LogP contribution in [-0.2, 0) is 25.9 Å². The summed E-state index contributed by atoms with van der Waals surface area (Å²) in [6.07, 6.45) is 0. The van der Waals surface area contributed by atoms with E-state index in [2.05, 4.69) is 0 Å². The van der Waals surface area contributed by atoms with Crippen molar-refractivity contribution < 1.29 is 28.2 Å². The van der Waals surface area contributed by atoms with E-state index in [0.717, 1.165) is 11.1 Å². The molecule has 3 rings (SSSR count). The zero-order chi connectivity index (χ0) is 22.3. The maximum Gasteiger partial charge on any atom is 0.495 e. The van der Waals surface area contributed by atoms with Crippen molar-refractivity contribution in [3.05, 3.63) is 64.5 Å². The van der Waals surface area contributed by atoms with Gasteiger partial charge in [0.25, 0.3) is 0 Å². The van der Waals surface area contributed by atoms with Gasteiger partial charge in [-0.25, -0.2) is 4.39 Å². The normalized spacial score (nSPS) is 17.8. The lowest BCUT2D eigenvalue weighted by Gasteiger charge is -2.32. The molecule has 8 heteroatoms. The highest BCUT2D eigenvalue weighted by Gasteiger charge is 2.52. The Morgan fingerprint density at radius 1 is 1.03 bits per heavy atom. The average Bonchev–Trinajstić information content (AvgIpc) is 2.88. The molecule has 0 saturated carbocycles. The Balaban J connectivity index is 0.00000341. The lowest BCUT2D eigenvalue weighted by atomic mass is 9.73. The van der Waals surface area contributed by atoms with Crippen LogP contribution in [0.4, 0.5) is 4.39 Å². The molecule has 1 heterocycles. The Bertz CT molecular complexity index is 989. The number of aryl methyl sites for hydroxylation is 1. The summed E-state index contributed by atoms with van der Waals surface area (Å²) in [7, 11) is -1.78. The van der Waals surface area contributed by atoms with Crippen molar-refractivity contribution in [1.29, 1.82) is 0 Å². The molecule has 1 aliphatic rings. The Kier molecular flexibility index (Phi) is 7.64. The standard InChI is InChI=1S/C23H28BFO4S.H2O/c1-7-30(27)14-16-9-11-17(21(26)18-10-8-15(2)12-20(18)25)19(13-16)24-28-22(3,4)23(5,6)29-24;/h8-13H,7,14H2,1-6H3;1H2. The van der Waals surface area contributed by atoms with Gasteiger partial charge in [-0.3, -0.25) is 9.00 Å². The molecule has 0 bridgehead atoms. The molecule has 1 unspecified atom stereocenters. The van der Waals surface area contributed by atoms with E-state index < -0.39 is 40.7 Å². The smallest absolute Gasteiger partial charge is 0.412 e.